The van der Waals surface area contributed by atoms with Crippen LogP contribution in [0.3, 0.4) is 0 Å². The number of carbonyl (C=O) groups excluding carboxylic acids is 1. The first-order chi connectivity index (χ1) is 8.58. The van der Waals surface area contributed by atoms with E-state index in [-0.39, 0.29) is 5.92 Å². The summed E-state index contributed by atoms with van der Waals surface area (Å²) in [5, 5.41) is 3.58. The molecule has 0 bridgehead atoms. The Kier molecular flexibility index (Phi) is 6.69. The molecule has 0 spiro atoms. The summed E-state index contributed by atoms with van der Waals surface area (Å²) in [5.74, 6) is 1.28. The van der Waals surface area contributed by atoms with Gasteiger partial charge in [0.25, 0.3) is 0 Å². The van der Waals surface area contributed by atoms with Crippen molar-refractivity contribution in [1.82, 2.24) is 10.2 Å². The molecule has 1 atom stereocenters. The third-order valence-electron chi connectivity index (χ3n) is 3.88. The first-order valence-corrected chi connectivity index (χ1v) is 7.60. The van der Waals surface area contributed by atoms with Gasteiger partial charge in [-0.3, -0.25) is 4.79 Å². The third-order valence-corrected chi connectivity index (χ3v) is 3.88. The molecule has 1 amide bonds. The molecule has 0 aromatic rings. The van der Waals surface area contributed by atoms with E-state index in [9.17, 15) is 4.79 Å². The highest BCUT2D eigenvalue weighted by Crippen LogP contribution is 2.16. The van der Waals surface area contributed by atoms with Crippen LogP contribution in [0.5, 0.6) is 0 Å². The fourth-order valence-corrected chi connectivity index (χ4v) is 2.82. The summed E-state index contributed by atoms with van der Waals surface area (Å²) in [4.78, 5) is 14.5. The predicted octanol–water partition coefficient (Wildman–Crippen LogP) is 2.66. The molecule has 0 saturated carbocycles. The zero-order chi connectivity index (χ0) is 13.5. The highest BCUT2D eigenvalue weighted by atomic mass is 16.2. The SMILES string of the molecule is CCC(CC)C(=O)N1CCCNC(CC(C)C)C1. The number of hydrogen-bond acceptors (Lipinski definition) is 2. The van der Waals surface area contributed by atoms with Gasteiger partial charge in [-0.25, -0.2) is 0 Å². The number of nitrogens with zero attached hydrogens (tertiary/aromatic N) is 1. The average molecular weight is 254 g/mol. The van der Waals surface area contributed by atoms with E-state index >= 15 is 0 Å². The number of nitrogens with one attached hydrogen (secondary N) is 1. The van der Waals surface area contributed by atoms with Crippen LogP contribution in [0.1, 0.15) is 53.4 Å². The number of rotatable bonds is 5. The molecule has 18 heavy (non-hydrogen) atoms. The predicted molar refractivity (Wildman–Crippen MR) is 76.5 cm³/mol. The van der Waals surface area contributed by atoms with Crippen LogP contribution in [-0.2, 0) is 4.79 Å². The van der Waals surface area contributed by atoms with Crippen molar-refractivity contribution < 1.29 is 4.79 Å². The number of amides is 1. The topological polar surface area (TPSA) is 32.3 Å². The zero-order valence-electron chi connectivity index (χ0n) is 12.5. The van der Waals surface area contributed by atoms with Gasteiger partial charge in [-0.15, -0.1) is 0 Å². The fourth-order valence-electron chi connectivity index (χ4n) is 2.82. The lowest BCUT2D eigenvalue weighted by Crippen LogP contribution is -2.43. The van der Waals surface area contributed by atoms with Crippen molar-refractivity contribution in [2.24, 2.45) is 11.8 Å². The monoisotopic (exact) mass is 254 g/mol. The van der Waals surface area contributed by atoms with Gasteiger partial charge in [-0.05, 0) is 38.1 Å². The van der Waals surface area contributed by atoms with E-state index in [1.807, 2.05) is 0 Å². The second-order valence-corrected chi connectivity index (χ2v) is 5.93. The van der Waals surface area contributed by atoms with Crippen molar-refractivity contribution in [3.63, 3.8) is 0 Å². The maximum Gasteiger partial charge on any atom is 0.225 e. The van der Waals surface area contributed by atoms with E-state index < -0.39 is 0 Å². The highest BCUT2D eigenvalue weighted by Gasteiger charge is 2.25. The molecular weight excluding hydrogens is 224 g/mol. The van der Waals surface area contributed by atoms with Crippen molar-refractivity contribution >= 4 is 5.91 Å². The standard InChI is InChI=1S/C15H30N2O/c1-5-13(6-2)15(18)17-9-7-8-16-14(11-17)10-12(3)4/h12-14,16H,5-11H2,1-4H3. The Morgan fingerprint density at radius 1 is 1.33 bits per heavy atom. The van der Waals surface area contributed by atoms with Crippen LogP contribution in [-0.4, -0.2) is 36.5 Å². The van der Waals surface area contributed by atoms with Crippen LogP contribution in [0.4, 0.5) is 0 Å². The summed E-state index contributed by atoms with van der Waals surface area (Å²) < 4.78 is 0. The van der Waals surface area contributed by atoms with E-state index in [1.165, 1.54) is 0 Å². The molecule has 3 heteroatoms. The van der Waals surface area contributed by atoms with Gasteiger partial charge in [0.05, 0.1) is 0 Å². The Morgan fingerprint density at radius 3 is 2.56 bits per heavy atom. The first-order valence-electron chi connectivity index (χ1n) is 7.60. The van der Waals surface area contributed by atoms with Crippen molar-refractivity contribution in [2.45, 2.75) is 59.4 Å². The fraction of sp³-hybridized carbons (Fsp3) is 0.933. The maximum absolute atomic E-state index is 12.4. The van der Waals surface area contributed by atoms with Crippen LogP contribution < -0.4 is 5.32 Å². The molecule has 3 nitrogen and oxygen atoms in total. The van der Waals surface area contributed by atoms with Gasteiger partial charge in [0, 0.05) is 25.0 Å². The molecule has 0 radical (unpaired) electrons. The van der Waals surface area contributed by atoms with Gasteiger partial charge in [0.1, 0.15) is 0 Å². The van der Waals surface area contributed by atoms with Crippen LogP contribution in [0.2, 0.25) is 0 Å². The first kappa shape index (κ1) is 15.5. The summed E-state index contributed by atoms with van der Waals surface area (Å²) in [7, 11) is 0. The minimum absolute atomic E-state index is 0.225. The Morgan fingerprint density at radius 2 is 2.00 bits per heavy atom. The van der Waals surface area contributed by atoms with Gasteiger partial charge in [-0.2, -0.15) is 0 Å². The molecule has 1 aliphatic heterocycles. The zero-order valence-corrected chi connectivity index (χ0v) is 12.5. The molecule has 1 saturated heterocycles. The van der Waals surface area contributed by atoms with Gasteiger partial charge in [0.2, 0.25) is 5.91 Å². The molecule has 1 fully saturated rings. The highest BCUT2D eigenvalue weighted by molar-refractivity contribution is 5.78. The van der Waals surface area contributed by atoms with Crippen LogP contribution >= 0.6 is 0 Å². The van der Waals surface area contributed by atoms with E-state index in [4.69, 9.17) is 0 Å². The van der Waals surface area contributed by atoms with E-state index in [0.29, 0.717) is 17.9 Å². The smallest absolute Gasteiger partial charge is 0.225 e. The third kappa shape index (κ3) is 4.60. The van der Waals surface area contributed by atoms with Crippen molar-refractivity contribution in [1.29, 1.82) is 0 Å². The Bertz CT molecular complexity index is 249. The number of hydrogen-bond donors (Lipinski definition) is 1. The second kappa shape index (κ2) is 7.78. The molecule has 0 aromatic heterocycles. The van der Waals surface area contributed by atoms with Crippen LogP contribution in [0.15, 0.2) is 0 Å². The summed E-state index contributed by atoms with van der Waals surface area (Å²) in [5.41, 5.74) is 0. The van der Waals surface area contributed by atoms with Crippen molar-refractivity contribution in [3.05, 3.63) is 0 Å². The van der Waals surface area contributed by atoms with E-state index in [2.05, 4.69) is 37.9 Å². The maximum atomic E-state index is 12.4. The average Bonchev–Trinajstić information content (AvgIpc) is 2.55. The summed E-state index contributed by atoms with van der Waals surface area (Å²) >= 11 is 0. The minimum atomic E-state index is 0.225. The second-order valence-electron chi connectivity index (χ2n) is 5.93. The molecule has 1 rings (SSSR count). The van der Waals surface area contributed by atoms with Crippen molar-refractivity contribution in [2.75, 3.05) is 19.6 Å². The number of carbonyl (C=O) groups is 1. The molecule has 1 heterocycles. The van der Waals surface area contributed by atoms with Gasteiger partial charge in [-0.1, -0.05) is 27.7 Å². The summed E-state index contributed by atoms with van der Waals surface area (Å²) in [6.07, 6.45) is 4.18. The molecule has 1 unspecified atom stereocenters. The Balaban J connectivity index is 2.60. The lowest BCUT2D eigenvalue weighted by molar-refractivity contribution is -0.135. The quantitative estimate of drug-likeness (QED) is 0.818. The van der Waals surface area contributed by atoms with Crippen LogP contribution in [0, 0.1) is 11.8 Å². The Labute approximate surface area is 112 Å². The normalized spacial score (nSPS) is 21.4. The Hall–Kier alpha value is -0.570. The molecule has 1 N–H and O–H groups in total. The van der Waals surface area contributed by atoms with Crippen molar-refractivity contribution in [3.8, 4) is 0 Å². The molecule has 106 valence electrons. The van der Waals surface area contributed by atoms with Gasteiger partial charge in [0.15, 0.2) is 0 Å². The minimum Gasteiger partial charge on any atom is -0.341 e. The molecule has 1 aliphatic rings. The van der Waals surface area contributed by atoms with Gasteiger partial charge < -0.3 is 10.2 Å². The largest absolute Gasteiger partial charge is 0.341 e. The summed E-state index contributed by atoms with van der Waals surface area (Å²) in [6.45, 7) is 11.6. The summed E-state index contributed by atoms with van der Waals surface area (Å²) in [6, 6.07) is 0.478. The lowest BCUT2D eigenvalue weighted by atomic mass is 10.00. The van der Waals surface area contributed by atoms with Gasteiger partial charge >= 0.3 is 0 Å². The molecular formula is C15H30N2O. The van der Waals surface area contributed by atoms with E-state index in [1.54, 1.807) is 0 Å². The van der Waals surface area contributed by atoms with Crippen LogP contribution in [0.25, 0.3) is 0 Å². The van der Waals surface area contributed by atoms with E-state index in [0.717, 1.165) is 45.3 Å². The molecule has 0 aliphatic carbocycles. The lowest BCUT2D eigenvalue weighted by Gasteiger charge is -2.28. The molecule has 0 aromatic carbocycles.